The number of benzene rings is 1. The number of amides is 1. The fourth-order valence-corrected chi connectivity index (χ4v) is 4.68. The molecular formula is C25H33F2N5O4. The third-order valence-corrected chi connectivity index (χ3v) is 6.68. The minimum atomic E-state index is -0.489. The van der Waals surface area contributed by atoms with Gasteiger partial charge >= 0.3 is 6.09 Å². The average Bonchev–Trinajstić information content (AvgIpc) is 3.26. The molecule has 2 aromatic rings. The van der Waals surface area contributed by atoms with Gasteiger partial charge in [-0.2, -0.15) is 0 Å². The van der Waals surface area contributed by atoms with Crippen LogP contribution in [0.15, 0.2) is 30.6 Å². The van der Waals surface area contributed by atoms with E-state index < -0.39 is 11.6 Å². The minimum absolute atomic E-state index is 0.272. The molecule has 2 aliphatic rings. The van der Waals surface area contributed by atoms with E-state index in [1.54, 1.807) is 31.3 Å². The molecule has 4 rings (SSSR count). The molecule has 9 nitrogen and oxygen atoms in total. The summed E-state index contributed by atoms with van der Waals surface area (Å²) in [4.78, 5) is 24.6. The Morgan fingerprint density at radius 3 is 2.61 bits per heavy atom. The highest BCUT2D eigenvalue weighted by Crippen LogP contribution is 2.31. The number of methoxy groups -OCH3 is 1. The summed E-state index contributed by atoms with van der Waals surface area (Å²) in [5.74, 6) is 0.0100. The van der Waals surface area contributed by atoms with Crippen LogP contribution in [-0.2, 0) is 9.47 Å². The summed E-state index contributed by atoms with van der Waals surface area (Å²) in [7, 11) is 1.57. The van der Waals surface area contributed by atoms with Crippen molar-refractivity contribution in [3.63, 3.8) is 0 Å². The molecule has 1 aromatic heterocycles. The lowest BCUT2D eigenvalue weighted by atomic mass is 9.94. The summed E-state index contributed by atoms with van der Waals surface area (Å²) in [6, 6.07) is 3.06. The van der Waals surface area contributed by atoms with Crippen molar-refractivity contribution in [3.8, 4) is 5.75 Å². The second kappa shape index (κ2) is 11.8. The van der Waals surface area contributed by atoms with Crippen molar-refractivity contribution in [1.82, 2.24) is 14.9 Å². The summed E-state index contributed by atoms with van der Waals surface area (Å²) in [5, 5.41) is 0. The van der Waals surface area contributed by atoms with Crippen LogP contribution in [0.2, 0.25) is 0 Å². The van der Waals surface area contributed by atoms with Gasteiger partial charge in [0.05, 0.1) is 25.6 Å². The molecule has 11 heteroatoms. The zero-order valence-corrected chi connectivity index (χ0v) is 20.6. The largest absolute Gasteiger partial charge is 0.490 e. The Hall–Kier alpha value is -3.05. The molecule has 0 radical (unpaired) electrons. The Morgan fingerprint density at radius 1 is 1.19 bits per heavy atom. The van der Waals surface area contributed by atoms with Gasteiger partial charge in [-0.25, -0.2) is 23.5 Å². The first kappa shape index (κ1) is 26.0. The zero-order chi connectivity index (χ0) is 25.7. The van der Waals surface area contributed by atoms with Gasteiger partial charge in [0.25, 0.3) is 0 Å². The Kier molecular flexibility index (Phi) is 8.52. The molecule has 0 bridgehead atoms. The van der Waals surface area contributed by atoms with Gasteiger partial charge in [-0.1, -0.05) is 0 Å². The molecule has 3 unspecified atom stereocenters. The molecule has 196 valence electrons. The van der Waals surface area contributed by atoms with Gasteiger partial charge in [-0.3, -0.25) is 0 Å². The number of nitrogens with two attached hydrogens (primary N) is 1. The number of rotatable bonds is 8. The molecular weight excluding hydrogens is 472 g/mol. The van der Waals surface area contributed by atoms with Gasteiger partial charge in [0.2, 0.25) is 5.95 Å². The Morgan fingerprint density at radius 2 is 1.92 bits per heavy atom. The molecule has 1 amide bonds. The van der Waals surface area contributed by atoms with E-state index in [0.717, 1.165) is 25.0 Å². The molecule has 2 N–H and O–H groups in total. The van der Waals surface area contributed by atoms with Crippen LogP contribution in [0.4, 0.5) is 19.5 Å². The van der Waals surface area contributed by atoms with Crippen molar-refractivity contribution in [2.75, 3.05) is 51.4 Å². The fraction of sp³-hybridized carbons (Fsp3) is 0.560. The fourth-order valence-electron chi connectivity index (χ4n) is 4.68. The number of anilines is 1. The van der Waals surface area contributed by atoms with Gasteiger partial charge < -0.3 is 29.7 Å². The quantitative estimate of drug-likeness (QED) is 0.584. The first-order valence-corrected chi connectivity index (χ1v) is 12.2. The maximum absolute atomic E-state index is 14.2. The Balaban J connectivity index is 1.24. The van der Waals surface area contributed by atoms with Gasteiger partial charge in [-0.05, 0) is 49.4 Å². The van der Waals surface area contributed by atoms with Gasteiger partial charge in [0.15, 0.2) is 5.75 Å². The summed E-state index contributed by atoms with van der Waals surface area (Å²) < 4.78 is 44.1. The average molecular weight is 506 g/mol. The lowest BCUT2D eigenvalue weighted by molar-refractivity contribution is 0.0213. The van der Waals surface area contributed by atoms with Crippen LogP contribution in [0.1, 0.15) is 31.2 Å². The van der Waals surface area contributed by atoms with E-state index >= 15 is 0 Å². The first-order valence-electron chi connectivity index (χ1n) is 12.2. The SMILES string of the molecule is COCC(C)OC(=O)N1CCC(COc2cnc(N3CC(N)C(c4cc(F)ccc4F)C3)nc2)CC1. The third-order valence-electron chi connectivity index (χ3n) is 6.68. The Labute approximate surface area is 209 Å². The molecule has 3 atom stereocenters. The number of ether oxygens (including phenoxy) is 3. The van der Waals surface area contributed by atoms with Gasteiger partial charge in [0, 0.05) is 45.2 Å². The van der Waals surface area contributed by atoms with Crippen LogP contribution < -0.4 is 15.4 Å². The molecule has 2 fully saturated rings. The van der Waals surface area contributed by atoms with Crippen LogP contribution in [0.25, 0.3) is 0 Å². The van der Waals surface area contributed by atoms with Crippen molar-refractivity contribution >= 4 is 12.0 Å². The van der Waals surface area contributed by atoms with Crippen molar-refractivity contribution < 1.29 is 27.8 Å². The van der Waals surface area contributed by atoms with Gasteiger partial charge in [-0.15, -0.1) is 0 Å². The standard InChI is InChI=1S/C25H33F2N5O4/c1-16(14-34-2)36-25(33)31-7-5-17(6-8-31)15-35-19-10-29-24(30-11-19)32-12-21(23(28)13-32)20-9-18(26)3-4-22(20)27/h3-4,9-11,16-17,21,23H,5-8,12-15,28H2,1-2H3. The number of nitrogens with zero attached hydrogens (tertiary/aromatic N) is 4. The first-order chi connectivity index (χ1) is 17.3. The Bertz CT molecular complexity index is 1020. The normalized spacial score (nSPS) is 21.5. The van der Waals surface area contributed by atoms with Crippen LogP contribution in [0.5, 0.6) is 5.75 Å². The summed E-state index contributed by atoms with van der Waals surface area (Å²) in [6.45, 7) is 4.73. The van der Waals surface area contributed by atoms with Gasteiger partial charge in [0.1, 0.15) is 17.7 Å². The van der Waals surface area contributed by atoms with Crippen molar-refractivity contribution in [1.29, 1.82) is 0 Å². The third kappa shape index (κ3) is 6.38. The predicted octanol–water partition coefficient (Wildman–Crippen LogP) is 2.95. The lowest BCUT2D eigenvalue weighted by Gasteiger charge is -2.31. The highest BCUT2D eigenvalue weighted by Gasteiger charge is 2.34. The van der Waals surface area contributed by atoms with Crippen LogP contribution >= 0.6 is 0 Å². The number of hydrogen-bond acceptors (Lipinski definition) is 8. The smallest absolute Gasteiger partial charge is 0.410 e. The number of likely N-dealkylation sites (tertiary alicyclic amines) is 1. The molecule has 3 heterocycles. The van der Waals surface area contributed by atoms with E-state index in [9.17, 15) is 13.6 Å². The van der Waals surface area contributed by atoms with Crippen molar-refractivity contribution in [2.45, 2.75) is 37.8 Å². The number of aromatic nitrogens is 2. The maximum atomic E-state index is 14.2. The van der Waals surface area contributed by atoms with E-state index in [-0.39, 0.29) is 29.7 Å². The van der Waals surface area contributed by atoms with E-state index in [1.807, 2.05) is 4.90 Å². The highest BCUT2D eigenvalue weighted by molar-refractivity contribution is 5.67. The minimum Gasteiger partial charge on any atom is -0.490 e. The molecule has 1 aromatic carbocycles. The van der Waals surface area contributed by atoms with E-state index in [4.69, 9.17) is 19.9 Å². The van der Waals surface area contributed by atoms with Crippen LogP contribution in [0, 0.1) is 17.6 Å². The van der Waals surface area contributed by atoms with Crippen molar-refractivity contribution in [3.05, 3.63) is 47.8 Å². The molecule has 0 spiro atoms. The molecule has 0 aliphatic carbocycles. The molecule has 36 heavy (non-hydrogen) atoms. The molecule has 0 saturated carbocycles. The number of hydrogen-bond donors (Lipinski definition) is 1. The summed E-state index contributed by atoms with van der Waals surface area (Å²) >= 11 is 0. The van der Waals surface area contributed by atoms with Crippen LogP contribution in [-0.4, -0.2) is 79.6 Å². The molecule has 2 saturated heterocycles. The number of piperidine rings is 1. The second-order valence-corrected chi connectivity index (χ2v) is 9.45. The van der Waals surface area contributed by atoms with Crippen molar-refractivity contribution in [2.24, 2.45) is 11.7 Å². The van der Waals surface area contributed by atoms with Crippen LogP contribution in [0.3, 0.4) is 0 Å². The summed E-state index contributed by atoms with van der Waals surface area (Å²) in [6.07, 6.45) is 4.25. The number of carbonyl (C=O) groups is 1. The van der Waals surface area contributed by atoms with E-state index in [0.29, 0.717) is 57.0 Å². The predicted molar refractivity (Wildman–Crippen MR) is 129 cm³/mol. The maximum Gasteiger partial charge on any atom is 0.410 e. The topological polar surface area (TPSA) is 103 Å². The summed E-state index contributed by atoms with van der Waals surface area (Å²) in [5.41, 5.74) is 6.51. The number of halogens is 2. The molecule has 2 aliphatic heterocycles. The highest BCUT2D eigenvalue weighted by atomic mass is 19.1. The monoisotopic (exact) mass is 505 g/mol. The van der Waals surface area contributed by atoms with E-state index in [1.165, 1.54) is 6.07 Å². The zero-order valence-electron chi connectivity index (χ0n) is 20.6. The lowest BCUT2D eigenvalue weighted by Crippen LogP contribution is -2.41. The number of carbonyl (C=O) groups excluding carboxylic acids is 1. The second-order valence-electron chi connectivity index (χ2n) is 9.45. The van der Waals surface area contributed by atoms with E-state index in [2.05, 4.69) is 9.97 Å².